The van der Waals surface area contributed by atoms with Crippen molar-refractivity contribution < 1.29 is 0 Å². The maximum Gasteiger partial charge on any atom is 0.137 e. The van der Waals surface area contributed by atoms with Crippen LogP contribution in [0.25, 0.3) is 21.9 Å². The normalized spacial score (nSPS) is 11.7. The first-order valence-corrected chi connectivity index (χ1v) is 6.53. The first-order valence-electron chi connectivity index (χ1n) is 6.12. The van der Waals surface area contributed by atoms with Gasteiger partial charge in [0.25, 0.3) is 0 Å². The maximum absolute atomic E-state index is 5.27. The Hall–Kier alpha value is -1.79. The summed E-state index contributed by atoms with van der Waals surface area (Å²) in [6.07, 6.45) is 3.50. The first-order chi connectivity index (χ1) is 9.15. The number of nitrogens with zero attached hydrogens (tertiary/aromatic N) is 4. The fourth-order valence-electron chi connectivity index (χ4n) is 2.12. The molecule has 0 aliphatic rings. The molecule has 98 valence electrons. The third-order valence-electron chi connectivity index (χ3n) is 3.18. The minimum absolute atomic E-state index is 0.621. The molecule has 0 saturated carbocycles. The van der Waals surface area contributed by atoms with Crippen LogP contribution in [0.5, 0.6) is 0 Å². The van der Waals surface area contributed by atoms with E-state index in [1.54, 1.807) is 6.33 Å². The molecule has 0 saturated heterocycles. The number of imidazole rings is 1. The van der Waals surface area contributed by atoms with Crippen LogP contribution in [0.15, 0.2) is 24.8 Å². The number of H-pyrrole nitrogens is 1. The van der Waals surface area contributed by atoms with Crippen molar-refractivity contribution in [2.24, 2.45) is 0 Å². The number of hydrogen-bond acceptors (Lipinski definition) is 4. The third-order valence-corrected chi connectivity index (χ3v) is 3.51. The van der Waals surface area contributed by atoms with Gasteiger partial charge in [0.15, 0.2) is 0 Å². The molecule has 3 aromatic rings. The van der Waals surface area contributed by atoms with Crippen LogP contribution in [0.2, 0.25) is 0 Å². The highest BCUT2D eigenvalue weighted by Gasteiger charge is 2.06. The largest absolute Gasteiger partial charge is 0.346 e. The molecule has 1 aromatic carbocycles. The minimum Gasteiger partial charge on any atom is -0.346 e. The van der Waals surface area contributed by atoms with Gasteiger partial charge >= 0.3 is 0 Å². The van der Waals surface area contributed by atoms with E-state index >= 15 is 0 Å². The Balaban J connectivity index is 2.16. The lowest BCUT2D eigenvalue weighted by molar-refractivity contribution is 0.386. The summed E-state index contributed by atoms with van der Waals surface area (Å²) in [5, 5.41) is 0.969. The van der Waals surface area contributed by atoms with E-state index in [9.17, 15) is 0 Å². The predicted molar refractivity (Wildman–Crippen MR) is 78.8 cm³/mol. The lowest BCUT2D eigenvalue weighted by Crippen LogP contribution is -2.17. The van der Waals surface area contributed by atoms with Crippen molar-refractivity contribution in [2.45, 2.75) is 6.54 Å². The Morgan fingerprint density at radius 3 is 2.95 bits per heavy atom. The van der Waals surface area contributed by atoms with E-state index < -0.39 is 0 Å². The number of benzene rings is 1. The van der Waals surface area contributed by atoms with Crippen LogP contribution in [0, 0.1) is 4.64 Å². The zero-order valence-corrected chi connectivity index (χ0v) is 11.7. The fourth-order valence-corrected chi connectivity index (χ4v) is 2.34. The molecule has 0 aliphatic carbocycles. The molecule has 3 rings (SSSR count). The molecule has 1 N–H and O–H groups in total. The van der Waals surface area contributed by atoms with Gasteiger partial charge in [0.1, 0.15) is 4.64 Å². The van der Waals surface area contributed by atoms with Crippen LogP contribution in [0.3, 0.4) is 0 Å². The molecule has 2 aromatic heterocycles. The molecular weight excluding hydrogens is 258 g/mol. The van der Waals surface area contributed by atoms with Gasteiger partial charge in [-0.25, -0.2) is 9.97 Å². The van der Waals surface area contributed by atoms with Gasteiger partial charge in [-0.1, -0.05) is 12.2 Å². The van der Waals surface area contributed by atoms with E-state index in [4.69, 9.17) is 12.2 Å². The van der Waals surface area contributed by atoms with E-state index in [-0.39, 0.29) is 0 Å². The second-order valence-electron chi connectivity index (χ2n) is 4.84. The molecule has 2 heterocycles. The molecule has 0 spiro atoms. The molecule has 5 nitrogen and oxygen atoms in total. The van der Waals surface area contributed by atoms with Crippen molar-refractivity contribution in [3.8, 4) is 0 Å². The summed E-state index contributed by atoms with van der Waals surface area (Å²) in [7, 11) is 4.13. The number of aromatic nitrogens is 4. The molecular formula is C13H15N5S. The monoisotopic (exact) mass is 273 g/mol. The standard InChI is InChI=1S/C13H15N5S/c1-17(2)3-4-18-8-16-11-6-10-9(5-12(11)18)13(19)15-7-14-10/h5-8H,3-4H2,1-2H3,(H,14,15,19). The van der Waals surface area contributed by atoms with Crippen LogP contribution in [-0.2, 0) is 6.54 Å². The molecule has 6 heteroatoms. The second-order valence-corrected chi connectivity index (χ2v) is 5.22. The smallest absolute Gasteiger partial charge is 0.137 e. The van der Waals surface area contributed by atoms with Crippen molar-refractivity contribution in [3.63, 3.8) is 0 Å². The molecule has 0 aliphatic heterocycles. The van der Waals surface area contributed by atoms with Gasteiger partial charge in [-0.05, 0) is 26.2 Å². The summed E-state index contributed by atoms with van der Waals surface area (Å²) in [6.45, 7) is 1.88. The summed E-state index contributed by atoms with van der Waals surface area (Å²) in [5.74, 6) is 0. The number of nitrogens with one attached hydrogen (secondary N) is 1. The van der Waals surface area contributed by atoms with Crippen molar-refractivity contribution in [3.05, 3.63) is 29.4 Å². The van der Waals surface area contributed by atoms with Crippen molar-refractivity contribution in [1.82, 2.24) is 24.4 Å². The Labute approximate surface area is 115 Å². The van der Waals surface area contributed by atoms with Gasteiger partial charge in [-0.15, -0.1) is 0 Å². The van der Waals surface area contributed by atoms with E-state index in [1.807, 2.05) is 12.4 Å². The summed E-state index contributed by atoms with van der Waals surface area (Å²) >= 11 is 5.27. The predicted octanol–water partition coefficient (Wildman–Crippen LogP) is 2.20. The van der Waals surface area contributed by atoms with Gasteiger partial charge < -0.3 is 14.5 Å². The number of aromatic amines is 1. The zero-order valence-electron chi connectivity index (χ0n) is 10.9. The van der Waals surface area contributed by atoms with E-state index in [2.05, 4.69) is 44.6 Å². The van der Waals surface area contributed by atoms with Crippen LogP contribution in [0.4, 0.5) is 0 Å². The van der Waals surface area contributed by atoms with E-state index in [0.717, 1.165) is 35.0 Å². The van der Waals surface area contributed by atoms with Gasteiger partial charge in [-0.2, -0.15) is 0 Å². The Morgan fingerprint density at radius 1 is 1.32 bits per heavy atom. The highest BCUT2D eigenvalue weighted by Crippen LogP contribution is 2.20. The summed E-state index contributed by atoms with van der Waals surface area (Å²) in [5.41, 5.74) is 3.05. The average Bonchev–Trinajstić information content (AvgIpc) is 2.77. The number of likely N-dealkylation sites (N-methyl/N-ethyl adjacent to an activating group) is 1. The van der Waals surface area contributed by atoms with Gasteiger partial charge in [0.05, 0.1) is 29.2 Å². The van der Waals surface area contributed by atoms with Crippen LogP contribution >= 0.6 is 12.2 Å². The fraction of sp³-hybridized carbons (Fsp3) is 0.308. The van der Waals surface area contributed by atoms with Crippen LogP contribution < -0.4 is 0 Å². The Morgan fingerprint density at radius 2 is 2.16 bits per heavy atom. The van der Waals surface area contributed by atoms with Crippen LogP contribution in [0.1, 0.15) is 0 Å². The molecule has 0 bridgehead atoms. The SMILES string of the molecule is CN(C)CCn1cnc2cc3[nH]cnc(=S)c3cc21. The lowest BCUT2D eigenvalue weighted by Gasteiger charge is -2.10. The molecule has 19 heavy (non-hydrogen) atoms. The third kappa shape index (κ3) is 2.24. The second kappa shape index (κ2) is 4.71. The van der Waals surface area contributed by atoms with Gasteiger partial charge in [0.2, 0.25) is 0 Å². The molecule has 0 radical (unpaired) electrons. The van der Waals surface area contributed by atoms with Crippen molar-refractivity contribution >= 4 is 34.2 Å². The van der Waals surface area contributed by atoms with E-state index in [0.29, 0.717) is 4.64 Å². The maximum atomic E-state index is 5.27. The number of fused-ring (bicyclic) bond motifs is 2. The van der Waals surface area contributed by atoms with Gasteiger partial charge in [0, 0.05) is 18.5 Å². The van der Waals surface area contributed by atoms with Crippen molar-refractivity contribution in [2.75, 3.05) is 20.6 Å². The topological polar surface area (TPSA) is 49.7 Å². The number of hydrogen-bond donors (Lipinski definition) is 1. The van der Waals surface area contributed by atoms with Crippen molar-refractivity contribution in [1.29, 1.82) is 0 Å². The summed E-state index contributed by atoms with van der Waals surface area (Å²) in [6, 6.07) is 4.09. The number of rotatable bonds is 3. The van der Waals surface area contributed by atoms with E-state index in [1.165, 1.54) is 0 Å². The zero-order chi connectivity index (χ0) is 13.4. The molecule has 0 amide bonds. The van der Waals surface area contributed by atoms with Gasteiger partial charge in [-0.3, -0.25) is 0 Å². The minimum atomic E-state index is 0.621. The highest BCUT2D eigenvalue weighted by atomic mass is 32.1. The highest BCUT2D eigenvalue weighted by molar-refractivity contribution is 7.71. The lowest BCUT2D eigenvalue weighted by atomic mass is 10.2. The molecule has 0 atom stereocenters. The summed E-state index contributed by atoms with van der Waals surface area (Å²) < 4.78 is 2.77. The quantitative estimate of drug-likeness (QED) is 0.743. The first kappa shape index (κ1) is 12.3. The molecule has 0 fully saturated rings. The molecule has 0 unspecified atom stereocenters. The van der Waals surface area contributed by atoms with Crippen LogP contribution in [-0.4, -0.2) is 45.1 Å². The Bertz CT molecular complexity index is 786. The Kier molecular flexibility index (Phi) is 3.04. The summed E-state index contributed by atoms with van der Waals surface area (Å²) in [4.78, 5) is 13.8. The average molecular weight is 273 g/mol.